The maximum Gasteiger partial charge on any atom is 0.150 e. The quantitative estimate of drug-likeness (QED) is 0.489. The lowest BCUT2D eigenvalue weighted by Crippen LogP contribution is -1.96. The molecule has 27 heavy (non-hydrogen) atoms. The molecule has 136 valence electrons. The highest BCUT2D eigenvalue weighted by Gasteiger charge is 2.20. The fourth-order valence-corrected chi connectivity index (χ4v) is 3.57. The Morgan fingerprint density at radius 2 is 1.85 bits per heavy atom. The van der Waals surface area contributed by atoms with Gasteiger partial charge in [-0.15, -0.1) is 0 Å². The summed E-state index contributed by atoms with van der Waals surface area (Å²) >= 11 is 6.34. The van der Waals surface area contributed by atoms with Gasteiger partial charge in [0.25, 0.3) is 0 Å². The van der Waals surface area contributed by atoms with Gasteiger partial charge in [0.05, 0.1) is 10.7 Å². The van der Waals surface area contributed by atoms with E-state index in [9.17, 15) is 0 Å². The number of para-hydroxylation sites is 1. The average Bonchev–Trinajstić information content (AvgIpc) is 2.91. The van der Waals surface area contributed by atoms with E-state index in [0.29, 0.717) is 16.8 Å². The van der Waals surface area contributed by atoms with Crippen molar-refractivity contribution in [2.24, 2.45) is 7.05 Å². The number of aryl methyl sites for hydroxylation is 2. The molecule has 6 heteroatoms. The number of hydrogen-bond donors (Lipinski definition) is 1. The first-order valence-corrected chi connectivity index (χ1v) is 8.94. The first-order valence-electron chi connectivity index (χ1n) is 8.56. The van der Waals surface area contributed by atoms with E-state index in [4.69, 9.17) is 11.6 Å². The SMILES string of the molecule is Cc1nn(C)c(C)c1-c1cc2cc(Nc3ccccc3)ncc2c(Cl)c1F. The summed E-state index contributed by atoms with van der Waals surface area (Å²) in [6.07, 6.45) is 1.60. The predicted octanol–water partition coefficient (Wildman–Crippen LogP) is 5.79. The molecule has 0 radical (unpaired) electrons. The van der Waals surface area contributed by atoms with Crippen LogP contribution in [-0.4, -0.2) is 14.8 Å². The Morgan fingerprint density at radius 1 is 1.11 bits per heavy atom. The van der Waals surface area contributed by atoms with Crippen LogP contribution in [0.15, 0.2) is 48.7 Å². The summed E-state index contributed by atoms with van der Waals surface area (Å²) in [6, 6.07) is 13.4. The molecule has 0 aliphatic heterocycles. The maximum absolute atomic E-state index is 15.0. The lowest BCUT2D eigenvalue weighted by Gasteiger charge is -2.11. The fraction of sp³-hybridized carbons (Fsp3) is 0.143. The van der Waals surface area contributed by atoms with E-state index in [-0.39, 0.29) is 5.02 Å². The zero-order chi connectivity index (χ0) is 19.1. The third-order valence-electron chi connectivity index (χ3n) is 4.73. The third kappa shape index (κ3) is 3.04. The number of nitrogens with one attached hydrogen (secondary N) is 1. The Bertz CT molecular complexity index is 1150. The van der Waals surface area contributed by atoms with Gasteiger partial charge in [0.1, 0.15) is 11.6 Å². The largest absolute Gasteiger partial charge is 0.340 e. The van der Waals surface area contributed by atoms with Crippen LogP contribution in [0, 0.1) is 19.7 Å². The van der Waals surface area contributed by atoms with Crippen molar-refractivity contribution >= 4 is 33.9 Å². The number of aromatic nitrogens is 3. The molecule has 2 aromatic heterocycles. The van der Waals surface area contributed by atoms with Crippen LogP contribution < -0.4 is 5.32 Å². The van der Waals surface area contributed by atoms with E-state index in [1.807, 2.05) is 63.4 Å². The van der Waals surface area contributed by atoms with Crippen molar-refractivity contribution in [3.63, 3.8) is 0 Å². The van der Waals surface area contributed by atoms with Crippen LogP contribution in [0.2, 0.25) is 5.02 Å². The summed E-state index contributed by atoms with van der Waals surface area (Å²) in [4.78, 5) is 4.37. The van der Waals surface area contributed by atoms with Crippen molar-refractivity contribution in [2.75, 3.05) is 5.32 Å². The van der Waals surface area contributed by atoms with Crippen LogP contribution in [0.3, 0.4) is 0 Å². The van der Waals surface area contributed by atoms with Crippen LogP contribution in [0.25, 0.3) is 21.9 Å². The summed E-state index contributed by atoms with van der Waals surface area (Å²) in [5.74, 6) is 0.218. The second-order valence-corrected chi connectivity index (χ2v) is 6.88. The van der Waals surface area contributed by atoms with Gasteiger partial charge in [-0.05, 0) is 43.5 Å². The van der Waals surface area contributed by atoms with Crippen LogP contribution in [0.1, 0.15) is 11.4 Å². The highest BCUT2D eigenvalue weighted by Crippen LogP contribution is 2.37. The van der Waals surface area contributed by atoms with Gasteiger partial charge in [-0.3, -0.25) is 4.68 Å². The Kier molecular flexibility index (Phi) is 4.32. The Hall–Kier alpha value is -2.92. The number of nitrogens with zero attached hydrogens (tertiary/aromatic N) is 3. The molecule has 0 saturated carbocycles. The average molecular weight is 381 g/mol. The summed E-state index contributed by atoms with van der Waals surface area (Å²) in [7, 11) is 1.85. The van der Waals surface area contributed by atoms with Crippen molar-refractivity contribution in [3.8, 4) is 11.1 Å². The van der Waals surface area contributed by atoms with Gasteiger partial charge >= 0.3 is 0 Å². The second kappa shape index (κ2) is 6.67. The van der Waals surface area contributed by atoms with Crippen LogP contribution in [0.4, 0.5) is 15.9 Å². The van der Waals surface area contributed by atoms with Crippen molar-refractivity contribution in [1.29, 1.82) is 0 Å². The lowest BCUT2D eigenvalue weighted by atomic mass is 9.99. The molecule has 0 amide bonds. The highest BCUT2D eigenvalue weighted by atomic mass is 35.5. The molecule has 4 aromatic rings. The molecule has 2 heterocycles. The number of halogens is 2. The van der Waals surface area contributed by atoms with Gasteiger partial charge < -0.3 is 5.32 Å². The summed E-state index contributed by atoms with van der Waals surface area (Å²) in [6.45, 7) is 3.79. The van der Waals surface area contributed by atoms with Crippen molar-refractivity contribution in [1.82, 2.24) is 14.8 Å². The molecule has 0 saturated heterocycles. The molecule has 0 unspecified atom stereocenters. The van der Waals surface area contributed by atoms with E-state index in [0.717, 1.165) is 28.0 Å². The molecule has 0 aliphatic carbocycles. The Labute approximate surface area is 161 Å². The van der Waals surface area contributed by atoms with Crippen LogP contribution in [-0.2, 0) is 7.05 Å². The summed E-state index contributed by atoms with van der Waals surface area (Å²) in [5.41, 5.74) is 3.80. The minimum absolute atomic E-state index is 0.0731. The molecule has 1 N–H and O–H groups in total. The Morgan fingerprint density at radius 3 is 2.52 bits per heavy atom. The van der Waals surface area contributed by atoms with E-state index in [1.54, 1.807) is 10.9 Å². The minimum atomic E-state index is -0.450. The van der Waals surface area contributed by atoms with E-state index >= 15 is 4.39 Å². The molecule has 2 aromatic carbocycles. The number of rotatable bonds is 3. The van der Waals surface area contributed by atoms with Crippen LogP contribution >= 0.6 is 11.6 Å². The first-order chi connectivity index (χ1) is 13.0. The first kappa shape index (κ1) is 17.5. The van der Waals surface area contributed by atoms with E-state index < -0.39 is 5.82 Å². The smallest absolute Gasteiger partial charge is 0.150 e. The van der Waals surface area contributed by atoms with Gasteiger partial charge in [-0.2, -0.15) is 5.10 Å². The number of anilines is 2. The number of fused-ring (bicyclic) bond motifs is 1. The molecule has 0 atom stereocenters. The monoisotopic (exact) mass is 380 g/mol. The van der Waals surface area contributed by atoms with Gasteiger partial charge in [-0.1, -0.05) is 29.8 Å². The molecule has 4 rings (SSSR count). The number of pyridine rings is 1. The zero-order valence-electron chi connectivity index (χ0n) is 15.2. The van der Waals surface area contributed by atoms with Crippen molar-refractivity contribution in [2.45, 2.75) is 13.8 Å². The molecule has 0 fully saturated rings. The molecular formula is C21H18ClFN4. The predicted molar refractivity (Wildman–Crippen MR) is 108 cm³/mol. The molecular weight excluding hydrogens is 363 g/mol. The van der Waals surface area contributed by atoms with Gasteiger partial charge in [0, 0.05) is 41.1 Å². The summed E-state index contributed by atoms with van der Waals surface area (Å²) in [5, 5.41) is 9.11. The standard InChI is InChI=1S/C21H18ClFN4/c1-12-19(13(2)27(3)26-12)16-9-14-10-18(25-15-7-5-4-6-8-15)24-11-17(14)20(22)21(16)23/h4-11H,1-3H3,(H,24,25). The van der Waals surface area contributed by atoms with Gasteiger partial charge in [0.2, 0.25) is 0 Å². The topological polar surface area (TPSA) is 42.7 Å². The summed E-state index contributed by atoms with van der Waals surface area (Å²) < 4.78 is 16.8. The van der Waals surface area contributed by atoms with E-state index in [1.165, 1.54) is 0 Å². The fourth-order valence-electron chi connectivity index (χ4n) is 3.31. The van der Waals surface area contributed by atoms with Crippen molar-refractivity contribution in [3.05, 3.63) is 70.9 Å². The van der Waals surface area contributed by atoms with Gasteiger partial charge in [0.15, 0.2) is 0 Å². The lowest BCUT2D eigenvalue weighted by molar-refractivity contribution is 0.633. The minimum Gasteiger partial charge on any atom is -0.340 e. The molecule has 0 spiro atoms. The van der Waals surface area contributed by atoms with Gasteiger partial charge in [-0.25, -0.2) is 9.37 Å². The molecule has 0 aliphatic rings. The highest BCUT2D eigenvalue weighted by molar-refractivity contribution is 6.36. The molecule has 0 bridgehead atoms. The van der Waals surface area contributed by atoms with E-state index in [2.05, 4.69) is 15.4 Å². The maximum atomic E-state index is 15.0. The number of benzene rings is 2. The van der Waals surface area contributed by atoms with Crippen molar-refractivity contribution < 1.29 is 4.39 Å². The normalized spacial score (nSPS) is 11.1. The number of hydrogen-bond acceptors (Lipinski definition) is 3. The van der Waals surface area contributed by atoms with Crippen LogP contribution in [0.5, 0.6) is 0 Å². The zero-order valence-corrected chi connectivity index (χ0v) is 16.0. The third-order valence-corrected chi connectivity index (χ3v) is 5.10. The second-order valence-electron chi connectivity index (χ2n) is 6.50. The Balaban J connectivity index is 1.87. The molecule has 4 nitrogen and oxygen atoms in total.